The van der Waals surface area contributed by atoms with Gasteiger partial charge in [-0.2, -0.15) is 0 Å². The van der Waals surface area contributed by atoms with Crippen LogP contribution in [-0.4, -0.2) is 16.3 Å². The van der Waals surface area contributed by atoms with Gasteiger partial charge < -0.3 is 4.42 Å². The van der Waals surface area contributed by atoms with Gasteiger partial charge in [-0.15, -0.1) is 0 Å². The molecule has 8 aromatic carbocycles. The van der Waals surface area contributed by atoms with Crippen molar-refractivity contribution in [2.24, 2.45) is 4.99 Å². The summed E-state index contributed by atoms with van der Waals surface area (Å²) in [5.41, 5.74) is 9.12. The highest BCUT2D eigenvalue weighted by molar-refractivity contribution is 6.40. The first kappa shape index (κ1) is 25.8. The van der Waals surface area contributed by atoms with Crippen molar-refractivity contribution in [1.82, 2.24) is 4.68 Å². The van der Waals surface area contributed by atoms with Crippen LogP contribution < -0.4 is 5.43 Å². The fraction of sp³-hybridized carbons (Fsp3) is 0. The third-order valence-corrected chi connectivity index (χ3v) is 9.43. The Kier molecular flexibility index (Phi) is 5.37. The summed E-state index contributed by atoms with van der Waals surface area (Å²) in [6.07, 6.45) is 0. The van der Waals surface area contributed by atoms with Gasteiger partial charge in [0.25, 0.3) is 0 Å². The van der Waals surface area contributed by atoms with E-state index in [1.807, 2.05) is 60.7 Å². The Morgan fingerprint density at radius 2 is 1.17 bits per heavy atom. The molecular formula is C42H26N4O. The zero-order valence-electron chi connectivity index (χ0n) is 25.2. The number of aromatic nitrogens is 1. The normalized spacial score (nSPS) is 12.5. The molecule has 2 aromatic heterocycles. The SMILES string of the molecule is N=C(N=C(Nn1c2cccc3c4ccccc4c4cc5ccccc5c5oc6ccc1c(c6c45)c32)c1ccccc1)c1ccccc1. The van der Waals surface area contributed by atoms with Gasteiger partial charge >= 0.3 is 0 Å². The molecule has 0 amide bonds. The molecule has 0 saturated carbocycles. The Morgan fingerprint density at radius 1 is 0.532 bits per heavy atom. The van der Waals surface area contributed by atoms with Gasteiger partial charge in [0.1, 0.15) is 11.2 Å². The topological polar surface area (TPSA) is 66.3 Å². The number of nitrogens with zero attached hydrogens (tertiary/aromatic N) is 2. The van der Waals surface area contributed by atoms with E-state index < -0.39 is 0 Å². The smallest absolute Gasteiger partial charge is 0.154 e. The number of hydrogen-bond acceptors (Lipinski definition) is 2. The van der Waals surface area contributed by atoms with Crippen LogP contribution in [0.3, 0.4) is 0 Å². The number of aliphatic imine (C=N–C) groups is 1. The van der Waals surface area contributed by atoms with Gasteiger partial charge in [0.15, 0.2) is 11.7 Å². The van der Waals surface area contributed by atoms with Crippen LogP contribution in [0.5, 0.6) is 0 Å². The minimum atomic E-state index is 0.185. The minimum absolute atomic E-state index is 0.185. The molecule has 2 heterocycles. The van der Waals surface area contributed by atoms with Gasteiger partial charge in [-0.3, -0.25) is 15.5 Å². The van der Waals surface area contributed by atoms with Crippen molar-refractivity contribution in [3.8, 4) is 0 Å². The summed E-state index contributed by atoms with van der Waals surface area (Å²) in [5, 5.41) is 20.4. The molecule has 0 bridgehead atoms. The Bertz CT molecular complexity index is 2880. The Labute approximate surface area is 268 Å². The first-order valence-corrected chi connectivity index (χ1v) is 15.7. The van der Waals surface area contributed by atoms with Crippen molar-refractivity contribution in [2.75, 3.05) is 5.43 Å². The first-order valence-electron chi connectivity index (χ1n) is 15.7. The van der Waals surface area contributed by atoms with Crippen molar-refractivity contribution in [2.45, 2.75) is 0 Å². The van der Waals surface area contributed by atoms with Crippen LogP contribution in [0, 0.1) is 5.41 Å². The molecule has 0 aliphatic rings. The van der Waals surface area contributed by atoms with E-state index in [4.69, 9.17) is 14.8 Å². The lowest BCUT2D eigenvalue weighted by molar-refractivity contribution is 0.673. The predicted octanol–water partition coefficient (Wildman–Crippen LogP) is 10.6. The maximum Gasteiger partial charge on any atom is 0.154 e. The molecule has 0 aliphatic carbocycles. The van der Waals surface area contributed by atoms with Gasteiger partial charge in [-0.1, -0.05) is 121 Å². The Hall–Kier alpha value is -6.46. The van der Waals surface area contributed by atoms with Crippen LogP contribution in [0.2, 0.25) is 0 Å². The van der Waals surface area contributed by atoms with Crippen LogP contribution in [0.1, 0.15) is 11.1 Å². The summed E-state index contributed by atoms with van der Waals surface area (Å²) in [6.45, 7) is 0. The van der Waals surface area contributed by atoms with Gasteiger partial charge in [0.05, 0.1) is 11.0 Å². The van der Waals surface area contributed by atoms with Gasteiger partial charge in [-0.25, -0.2) is 4.99 Å². The van der Waals surface area contributed by atoms with Crippen molar-refractivity contribution < 1.29 is 4.42 Å². The average Bonchev–Trinajstić information content (AvgIpc) is 3.67. The monoisotopic (exact) mass is 602 g/mol. The minimum Gasteiger partial charge on any atom is -0.455 e. The van der Waals surface area contributed by atoms with E-state index in [9.17, 15) is 0 Å². The van der Waals surface area contributed by atoms with E-state index in [0.717, 1.165) is 65.6 Å². The number of fused-ring (bicyclic) bond motifs is 5. The molecule has 0 atom stereocenters. The van der Waals surface area contributed by atoms with E-state index in [2.05, 4.69) is 95.0 Å². The summed E-state index contributed by atoms with van der Waals surface area (Å²) in [4.78, 5) is 4.88. The quantitative estimate of drug-likeness (QED) is 0.156. The molecule has 0 radical (unpaired) electrons. The van der Waals surface area contributed by atoms with Crippen molar-refractivity contribution in [3.05, 3.63) is 157 Å². The molecule has 0 saturated heterocycles. The van der Waals surface area contributed by atoms with Crippen molar-refractivity contribution in [3.63, 3.8) is 0 Å². The first-order chi connectivity index (χ1) is 23.2. The van der Waals surface area contributed by atoms with E-state index >= 15 is 0 Å². The van der Waals surface area contributed by atoms with E-state index in [-0.39, 0.29) is 5.84 Å². The Morgan fingerprint density at radius 3 is 1.96 bits per heavy atom. The lowest BCUT2D eigenvalue weighted by atomic mass is 9.93. The molecule has 0 fully saturated rings. The zero-order valence-corrected chi connectivity index (χ0v) is 25.2. The highest BCUT2D eigenvalue weighted by Crippen LogP contribution is 2.47. The Balaban J connectivity index is 1.36. The average molecular weight is 603 g/mol. The van der Waals surface area contributed by atoms with Gasteiger partial charge in [-0.05, 0) is 51.2 Å². The molecule has 0 aliphatic heterocycles. The largest absolute Gasteiger partial charge is 0.455 e. The predicted molar refractivity (Wildman–Crippen MR) is 196 cm³/mol. The maximum absolute atomic E-state index is 8.91. The second kappa shape index (κ2) is 9.77. The lowest BCUT2D eigenvalue weighted by Crippen LogP contribution is -2.25. The molecular weight excluding hydrogens is 576 g/mol. The van der Waals surface area contributed by atoms with E-state index in [1.54, 1.807) is 0 Å². The second-order valence-electron chi connectivity index (χ2n) is 12.0. The summed E-state index contributed by atoms with van der Waals surface area (Å²) in [5.74, 6) is 0.771. The van der Waals surface area contributed by atoms with Crippen molar-refractivity contribution in [1.29, 1.82) is 5.41 Å². The summed E-state index contributed by atoms with van der Waals surface area (Å²) in [6, 6.07) is 49.9. The lowest BCUT2D eigenvalue weighted by Gasteiger charge is -2.14. The van der Waals surface area contributed by atoms with Gasteiger partial charge in [0.2, 0.25) is 0 Å². The number of furan rings is 1. The molecule has 47 heavy (non-hydrogen) atoms. The molecule has 220 valence electrons. The highest BCUT2D eigenvalue weighted by Gasteiger charge is 2.24. The molecule has 10 rings (SSSR count). The van der Waals surface area contributed by atoms with Crippen LogP contribution >= 0.6 is 0 Å². The zero-order chi connectivity index (χ0) is 31.1. The van der Waals surface area contributed by atoms with Gasteiger partial charge in [0, 0.05) is 38.1 Å². The van der Waals surface area contributed by atoms with Crippen LogP contribution in [-0.2, 0) is 0 Å². The van der Waals surface area contributed by atoms with Crippen LogP contribution in [0.4, 0.5) is 0 Å². The van der Waals surface area contributed by atoms with Crippen LogP contribution in [0.15, 0.2) is 155 Å². The molecule has 10 aromatic rings. The number of amidine groups is 2. The third kappa shape index (κ3) is 3.71. The maximum atomic E-state index is 8.91. The van der Waals surface area contributed by atoms with Crippen molar-refractivity contribution >= 4 is 87.7 Å². The molecule has 2 N–H and O–H groups in total. The summed E-state index contributed by atoms with van der Waals surface area (Å²) < 4.78 is 8.91. The van der Waals surface area contributed by atoms with Crippen LogP contribution in [0.25, 0.3) is 76.1 Å². The number of benzene rings is 7. The second-order valence-corrected chi connectivity index (χ2v) is 12.0. The fourth-order valence-electron chi connectivity index (χ4n) is 7.38. The number of nitrogens with one attached hydrogen (secondary N) is 2. The van der Waals surface area contributed by atoms with E-state index in [1.165, 1.54) is 21.5 Å². The standard InChI is InChI=1S/C42H26N4O/c43-41(25-12-3-1-4-13-25)44-42(26-14-5-2-6-15-26)45-46-33-21-11-20-31-29-18-9-10-19-30(29)32-24-27-16-7-8-17-28(27)40-37(32)39-35(47-40)23-22-34(46)38(39)36(31)33/h1-24H,(H2,43,44,45). The number of hydrogen-bond donors (Lipinski definition) is 2. The molecule has 5 nitrogen and oxygen atoms in total. The molecule has 0 unspecified atom stereocenters. The molecule has 5 heteroatoms. The fourth-order valence-corrected chi connectivity index (χ4v) is 7.38. The summed E-state index contributed by atoms with van der Waals surface area (Å²) >= 11 is 0. The highest BCUT2D eigenvalue weighted by atomic mass is 16.3. The number of rotatable bonds is 3. The third-order valence-electron chi connectivity index (χ3n) is 9.43. The molecule has 0 spiro atoms. The summed E-state index contributed by atoms with van der Waals surface area (Å²) in [7, 11) is 0. The van der Waals surface area contributed by atoms with E-state index in [0.29, 0.717) is 5.84 Å².